The number of carbonyl (C=O) groups is 2. The Morgan fingerprint density at radius 3 is 2.41 bits per heavy atom. The second kappa shape index (κ2) is 8.24. The Morgan fingerprint density at radius 2 is 1.83 bits per heavy atom. The SMILES string of the molecule is COCCCn1c(C(=O)N2CCC(C(N)=O)CC2)cc2c(=O)n(C)c(=O)n(C)c21. The van der Waals surface area contributed by atoms with E-state index in [1.807, 2.05) is 0 Å². The molecule has 29 heavy (non-hydrogen) atoms. The normalized spacial score (nSPS) is 15.2. The van der Waals surface area contributed by atoms with E-state index in [-0.39, 0.29) is 17.7 Å². The van der Waals surface area contributed by atoms with Gasteiger partial charge in [-0.1, -0.05) is 0 Å². The van der Waals surface area contributed by atoms with E-state index in [2.05, 4.69) is 0 Å². The molecule has 2 aromatic heterocycles. The van der Waals surface area contributed by atoms with E-state index in [1.54, 1.807) is 29.7 Å². The van der Waals surface area contributed by atoms with E-state index in [0.717, 1.165) is 4.57 Å². The van der Waals surface area contributed by atoms with Crippen LogP contribution in [-0.2, 0) is 30.2 Å². The van der Waals surface area contributed by atoms with Crippen LogP contribution < -0.4 is 17.0 Å². The van der Waals surface area contributed by atoms with Crippen LogP contribution in [0.1, 0.15) is 29.8 Å². The van der Waals surface area contributed by atoms with Crippen molar-refractivity contribution < 1.29 is 14.3 Å². The van der Waals surface area contributed by atoms with Gasteiger partial charge in [-0.25, -0.2) is 4.79 Å². The molecule has 1 aliphatic heterocycles. The minimum absolute atomic E-state index is 0.222. The first-order valence-corrected chi connectivity index (χ1v) is 9.64. The molecule has 158 valence electrons. The topological polar surface area (TPSA) is 122 Å². The first kappa shape index (κ1) is 20.8. The number of nitrogens with zero attached hydrogens (tertiary/aromatic N) is 4. The number of methoxy groups -OCH3 is 1. The lowest BCUT2D eigenvalue weighted by atomic mass is 9.96. The van der Waals surface area contributed by atoms with Crippen molar-refractivity contribution >= 4 is 22.8 Å². The van der Waals surface area contributed by atoms with Gasteiger partial charge in [-0.05, 0) is 25.3 Å². The van der Waals surface area contributed by atoms with Crippen molar-refractivity contribution in [2.24, 2.45) is 25.7 Å². The number of amides is 2. The number of aryl methyl sites for hydroxylation is 2. The third kappa shape index (κ3) is 3.71. The zero-order valence-electron chi connectivity index (χ0n) is 17.0. The maximum absolute atomic E-state index is 13.3. The summed E-state index contributed by atoms with van der Waals surface area (Å²) in [5, 5.41) is 0.322. The average Bonchev–Trinajstić information content (AvgIpc) is 3.10. The summed E-state index contributed by atoms with van der Waals surface area (Å²) in [5.74, 6) is -0.792. The Morgan fingerprint density at radius 1 is 1.17 bits per heavy atom. The fourth-order valence-corrected chi connectivity index (χ4v) is 3.94. The predicted octanol–water partition coefficient (Wildman–Crippen LogP) is -0.587. The molecule has 0 unspecified atom stereocenters. The van der Waals surface area contributed by atoms with Gasteiger partial charge in [0.1, 0.15) is 11.3 Å². The Balaban J connectivity index is 2.05. The number of carbonyl (C=O) groups excluding carboxylic acids is 2. The summed E-state index contributed by atoms with van der Waals surface area (Å²) in [4.78, 5) is 51.4. The quantitative estimate of drug-likeness (QED) is 0.644. The number of rotatable bonds is 6. The Kier molecular flexibility index (Phi) is 5.92. The van der Waals surface area contributed by atoms with Gasteiger partial charge >= 0.3 is 5.69 Å². The first-order chi connectivity index (χ1) is 13.8. The van der Waals surface area contributed by atoms with Crippen molar-refractivity contribution in [1.29, 1.82) is 0 Å². The Hall–Kier alpha value is -2.88. The van der Waals surface area contributed by atoms with E-state index in [1.165, 1.54) is 11.6 Å². The van der Waals surface area contributed by atoms with Crippen molar-refractivity contribution in [2.75, 3.05) is 26.8 Å². The highest BCUT2D eigenvalue weighted by Crippen LogP contribution is 2.22. The van der Waals surface area contributed by atoms with E-state index in [0.29, 0.717) is 62.2 Å². The van der Waals surface area contributed by atoms with Gasteiger partial charge in [0.05, 0.1) is 5.39 Å². The van der Waals surface area contributed by atoms with Crippen LogP contribution in [0.3, 0.4) is 0 Å². The standard InChI is InChI=1S/C19H27N5O5/c1-21-16-13(17(26)22(2)19(21)28)11-14(24(16)7-4-10-29-3)18(27)23-8-5-12(6-9-23)15(20)25/h11-12H,4-10H2,1-3H3,(H2,20,25). The van der Waals surface area contributed by atoms with Gasteiger partial charge < -0.3 is 19.9 Å². The smallest absolute Gasteiger partial charge is 0.332 e. The highest BCUT2D eigenvalue weighted by Gasteiger charge is 2.29. The summed E-state index contributed by atoms with van der Waals surface area (Å²) >= 11 is 0. The number of fused-ring (bicyclic) bond motifs is 1. The summed E-state index contributed by atoms with van der Waals surface area (Å²) in [6.07, 6.45) is 1.66. The van der Waals surface area contributed by atoms with E-state index >= 15 is 0 Å². The summed E-state index contributed by atoms with van der Waals surface area (Å²) in [6.45, 7) is 1.75. The van der Waals surface area contributed by atoms with Crippen molar-refractivity contribution in [3.63, 3.8) is 0 Å². The molecule has 0 radical (unpaired) electrons. The van der Waals surface area contributed by atoms with Gasteiger partial charge in [-0.3, -0.25) is 23.5 Å². The molecule has 3 heterocycles. The molecule has 1 aliphatic rings. The second-order valence-corrected chi connectivity index (χ2v) is 7.44. The molecule has 0 bridgehead atoms. The first-order valence-electron chi connectivity index (χ1n) is 9.64. The molecular weight excluding hydrogens is 378 g/mol. The molecule has 0 saturated carbocycles. The number of piperidine rings is 1. The number of primary amides is 1. The van der Waals surface area contributed by atoms with Crippen LogP contribution in [0.15, 0.2) is 15.7 Å². The third-order valence-electron chi connectivity index (χ3n) is 5.63. The van der Waals surface area contributed by atoms with E-state index in [9.17, 15) is 19.2 Å². The number of nitrogens with two attached hydrogens (primary N) is 1. The molecule has 0 spiro atoms. The van der Waals surface area contributed by atoms with Crippen molar-refractivity contribution in [3.05, 3.63) is 32.6 Å². The van der Waals surface area contributed by atoms with Crippen LogP contribution in [-0.4, -0.2) is 57.2 Å². The maximum atomic E-state index is 13.3. The van der Waals surface area contributed by atoms with Crippen molar-refractivity contribution in [2.45, 2.75) is 25.8 Å². The predicted molar refractivity (Wildman–Crippen MR) is 107 cm³/mol. The van der Waals surface area contributed by atoms with Gasteiger partial charge in [0.2, 0.25) is 5.91 Å². The fraction of sp³-hybridized carbons (Fsp3) is 0.579. The molecular formula is C19H27N5O5. The third-order valence-corrected chi connectivity index (χ3v) is 5.63. The molecule has 3 rings (SSSR count). The molecule has 1 saturated heterocycles. The molecule has 0 aromatic carbocycles. The maximum Gasteiger partial charge on any atom is 0.332 e. The molecule has 2 aromatic rings. The number of likely N-dealkylation sites (tertiary alicyclic amines) is 1. The van der Waals surface area contributed by atoms with Gasteiger partial charge in [-0.15, -0.1) is 0 Å². The van der Waals surface area contributed by atoms with Crippen LogP contribution in [0.25, 0.3) is 11.0 Å². The summed E-state index contributed by atoms with van der Waals surface area (Å²) in [7, 11) is 4.60. The molecule has 1 fully saturated rings. The van der Waals surface area contributed by atoms with E-state index in [4.69, 9.17) is 10.5 Å². The van der Waals surface area contributed by atoms with Crippen molar-refractivity contribution in [3.8, 4) is 0 Å². The lowest BCUT2D eigenvalue weighted by Gasteiger charge is -2.30. The minimum atomic E-state index is -0.449. The summed E-state index contributed by atoms with van der Waals surface area (Å²) < 4.78 is 9.26. The highest BCUT2D eigenvalue weighted by atomic mass is 16.5. The summed E-state index contributed by atoms with van der Waals surface area (Å²) in [6, 6.07) is 1.56. The minimum Gasteiger partial charge on any atom is -0.385 e. The zero-order chi connectivity index (χ0) is 21.3. The molecule has 0 aliphatic carbocycles. The van der Waals surface area contributed by atoms with E-state index < -0.39 is 11.2 Å². The van der Waals surface area contributed by atoms with Crippen LogP contribution in [0.4, 0.5) is 0 Å². The molecule has 2 N–H and O–H groups in total. The largest absolute Gasteiger partial charge is 0.385 e. The van der Waals surface area contributed by atoms with Gasteiger partial charge in [0, 0.05) is 53.4 Å². The lowest BCUT2D eigenvalue weighted by Crippen LogP contribution is -2.42. The fourth-order valence-electron chi connectivity index (χ4n) is 3.94. The molecule has 2 amide bonds. The number of hydrogen-bond donors (Lipinski definition) is 1. The zero-order valence-corrected chi connectivity index (χ0v) is 17.0. The number of ether oxygens (including phenoxy) is 1. The Bertz CT molecular complexity index is 1060. The van der Waals surface area contributed by atoms with Crippen LogP contribution >= 0.6 is 0 Å². The average molecular weight is 405 g/mol. The van der Waals surface area contributed by atoms with Crippen LogP contribution in [0.2, 0.25) is 0 Å². The Labute approximate surface area is 167 Å². The van der Waals surface area contributed by atoms with Crippen LogP contribution in [0, 0.1) is 5.92 Å². The van der Waals surface area contributed by atoms with Gasteiger partial charge in [0.15, 0.2) is 0 Å². The number of hydrogen-bond acceptors (Lipinski definition) is 5. The molecule has 10 nitrogen and oxygen atoms in total. The number of aromatic nitrogens is 3. The summed E-state index contributed by atoms with van der Waals surface area (Å²) in [5.41, 5.74) is 5.27. The lowest BCUT2D eigenvalue weighted by molar-refractivity contribution is -0.123. The monoisotopic (exact) mass is 405 g/mol. The van der Waals surface area contributed by atoms with Crippen molar-refractivity contribution in [1.82, 2.24) is 18.6 Å². The van der Waals surface area contributed by atoms with Gasteiger partial charge in [0.25, 0.3) is 11.5 Å². The molecule has 0 atom stereocenters. The molecule has 10 heteroatoms. The second-order valence-electron chi connectivity index (χ2n) is 7.44. The van der Waals surface area contributed by atoms with Crippen LogP contribution in [0.5, 0.6) is 0 Å². The van der Waals surface area contributed by atoms with Gasteiger partial charge in [-0.2, -0.15) is 0 Å². The highest BCUT2D eigenvalue weighted by molar-refractivity contribution is 5.98.